The fourth-order valence-corrected chi connectivity index (χ4v) is 4.11. The third-order valence-corrected chi connectivity index (χ3v) is 5.49. The highest BCUT2D eigenvalue weighted by Crippen LogP contribution is 2.29. The molecule has 0 aromatic heterocycles. The van der Waals surface area contributed by atoms with Gasteiger partial charge in [0.1, 0.15) is 0 Å². The second kappa shape index (κ2) is 7.99. The lowest BCUT2D eigenvalue weighted by Crippen LogP contribution is -2.51. The van der Waals surface area contributed by atoms with E-state index < -0.39 is 0 Å². The molecule has 2 aliphatic rings. The van der Waals surface area contributed by atoms with E-state index in [0.29, 0.717) is 19.1 Å². The van der Waals surface area contributed by atoms with Gasteiger partial charge in [0.25, 0.3) is 0 Å². The van der Waals surface area contributed by atoms with Crippen LogP contribution in [0.2, 0.25) is 0 Å². The normalized spacial score (nSPS) is 24.5. The predicted octanol–water partition coefficient (Wildman–Crippen LogP) is 2.16. The lowest BCUT2D eigenvalue weighted by Gasteiger charge is -2.38. The number of piperidine rings is 1. The summed E-state index contributed by atoms with van der Waals surface area (Å²) >= 11 is 0. The van der Waals surface area contributed by atoms with Crippen LogP contribution in [0.25, 0.3) is 0 Å². The van der Waals surface area contributed by atoms with Crippen LogP contribution in [0.5, 0.6) is 0 Å². The molecule has 2 atom stereocenters. The van der Waals surface area contributed by atoms with E-state index in [1.54, 1.807) is 4.90 Å². The molecule has 0 saturated carbocycles. The number of likely N-dealkylation sites (tertiary alicyclic amines) is 1. The Morgan fingerprint density at radius 3 is 2.92 bits per heavy atom. The fraction of sp³-hybridized carbons (Fsp3) is 0.632. The van der Waals surface area contributed by atoms with Gasteiger partial charge in [0.2, 0.25) is 0 Å². The van der Waals surface area contributed by atoms with Crippen LogP contribution < -0.4 is 5.32 Å². The smallest absolute Gasteiger partial charge is 0.318 e. The molecule has 3 rings (SSSR count). The number of aliphatic hydroxyl groups is 1. The number of carbonyl (C=O) groups excluding carboxylic acids is 1. The van der Waals surface area contributed by atoms with Crippen molar-refractivity contribution in [3.05, 3.63) is 35.4 Å². The molecule has 2 N–H and O–H groups in total. The van der Waals surface area contributed by atoms with Crippen LogP contribution >= 0.6 is 0 Å². The lowest BCUT2D eigenvalue weighted by atomic mass is 9.93. The van der Waals surface area contributed by atoms with Crippen LogP contribution in [0.3, 0.4) is 0 Å². The molecule has 2 heterocycles. The molecule has 132 valence electrons. The zero-order valence-electron chi connectivity index (χ0n) is 14.6. The van der Waals surface area contributed by atoms with Gasteiger partial charge in [-0.05, 0) is 43.5 Å². The van der Waals surface area contributed by atoms with Crippen molar-refractivity contribution in [2.75, 3.05) is 32.8 Å². The van der Waals surface area contributed by atoms with E-state index in [1.807, 2.05) is 18.2 Å². The highest BCUT2D eigenvalue weighted by atomic mass is 16.3. The number of hydrogen-bond acceptors (Lipinski definition) is 3. The van der Waals surface area contributed by atoms with Gasteiger partial charge in [0.15, 0.2) is 0 Å². The minimum absolute atomic E-state index is 0.0328. The predicted molar refractivity (Wildman–Crippen MR) is 95.0 cm³/mol. The summed E-state index contributed by atoms with van der Waals surface area (Å²) in [4.78, 5) is 17.0. The largest absolute Gasteiger partial charge is 0.394 e. The molecular weight excluding hydrogens is 302 g/mol. The van der Waals surface area contributed by atoms with E-state index in [0.717, 1.165) is 31.5 Å². The first-order valence-corrected chi connectivity index (χ1v) is 9.21. The molecule has 5 nitrogen and oxygen atoms in total. The Morgan fingerprint density at radius 2 is 2.12 bits per heavy atom. The summed E-state index contributed by atoms with van der Waals surface area (Å²) < 4.78 is 0. The Labute approximate surface area is 144 Å². The van der Waals surface area contributed by atoms with Crippen molar-refractivity contribution >= 4 is 6.03 Å². The number of rotatable bonds is 4. The number of fused-ring (bicyclic) bond motifs is 1. The Morgan fingerprint density at radius 1 is 1.29 bits per heavy atom. The van der Waals surface area contributed by atoms with Crippen molar-refractivity contribution in [1.82, 2.24) is 15.1 Å². The first-order chi connectivity index (χ1) is 11.7. The Balaban J connectivity index is 1.62. The van der Waals surface area contributed by atoms with Gasteiger partial charge in [-0.1, -0.05) is 37.6 Å². The third kappa shape index (κ3) is 3.57. The maximum Gasteiger partial charge on any atom is 0.318 e. The number of likely N-dealkylation sites (N-methyl/N-ethyl adjacent to an activating group) is 1. The number of aliphatic hydroxyl groups excluding tert-OH is 1. The van der Waals surface area contributed by atoms with E-state index >= 15 is 0 Å². The van der Waals surface area contributed by atoms with Crippen LogP contribution in [-0.4, -0.2) is 59.8 Å². The van der Waals surface area contributed by atoms with Gasteiger partial charge in [-0.3, -0.25) is 4.90 Å². The van der Waals surface area contributed by atoms with Crippen molar-refractivity contribution in [1.29, 1.82) is 0 Å². The summed E-state index contributed by atoms with van der Waals surface area (Å²) in [6.45, 7) is 5.68. The summed E-state index contributed by atoms with van der Waals surface area (Å²) in [7, 11) is 0. The number of benzene rings is 1. The van der Waals surface area contributed by atoms with E-state index in [4.69, 9.17) is 0 Å². The number of carbonyl (C=O) groups is 1. The highest BCUT2D eigenvalue weighted by Gasteiger charge is 2.30. The van der Waals surface area contributed by atoms with Crippen LogP contribution in [0.15, 0.2) is 24.3 Å². The highest BCUT2D eigenvalue weighted by molar-refractivity contribution is 5.75. The van der Waals surface area contributed by atoms with Gasteiger partial charge < -0.3 is 15.3 Å². The lowest BCUT2D eigenvalue weighted by molar-refractivity contribution is 0.119. The SMILES string of the molecule is CCN1CCCCC1CNC(=O)N1CCc2ccccc2C1CO. The monoisotopic (exact) mass is 331 g/mol. The average molecular weight is 331 g/mol. The first kappa shape index (κ1) is 17.2. The molecule has 2 amide bonds. The van der Waals surface area contributed by atoms with Gasteiger partial charge in [-0.25, -0.2) is 4.79 Å². The molecule has 0 spiro atoms. The molecule has 1 saturated heterocycles. The topological polar surface area (TPSA) is 55.8 Å². The standard InChI is InChI=1S/C19H29N3O2/c1-2-21-11-6-5-8-16(21)13-20-19(24)22-12-10-15-7-3-4-9-17(15)18(22)14-23/h3-4,7,9,16,18,23H,2,5-6,8,10-14H2,1H3,(H,20,24). The van der Waals surface area contributed by atoms with E-state index in [9.17, 15) is 9.90 Å². The molecule has 24 heavy (non-hydrogen) atoms. The van der Waals surface area contributed by atoms with Crippen molar-refractivity contribution in [3.63, 3.8) is 0 Å². The van der Waals surface area contributed by atoms with Crippen molar-refractivity contribution < 1.29 is 9.90 Å². The van der Waals surface area contributed by atoms with Gasteiger partial charge in [0, 0.05) is 19.1 Å². The van der Waals surface area contributed by atoms with Gasteiger partial charge >= 0.3 is 6.03 Å². The van der Waals surface area contributed by atoms with Crippen LogP contribution in [-0.2, 0) is 6.42 Å². The molecule has 2 unspecified atom stereocenters. The summed E-state index contributed by atoms with van der Waals surface area (Å²) in [5.41, 5.74) is 2.32. The molecule has 1 aromatic carbocycles. The van der Waals surface area contributed by atoms with Crippen molar-refractivity contribution in [3.8, 4) is 0 Å². The molecule has 1 fully saturated rings. The molecule has 5 heteroatoms. The Bertz CT molecular complexity index is 563. The zero-order chi connectivity index (χ0) is 16.9. The quantitative estimate of drug-likeness (QED) is 0.889. The number of hydrogen-bond donors (Lipinski definition) is 2. The number of amides is 2. The van der Waals surface area contributed by atoms with E-state index in [-0.39, 0.29) is 18.7 Å². The van der Waals surface area contributed by atoms with Crippen molar-refractivity contribution in [2.45, 2.75) is 44.7 Å². The summed E-state index contributed by atoms with van der Waals surface area (Å²) in [6, 6.07) is 8.27. The van der Waals surface area contributed by atoms with Gasteiger partial charge in [-0.2, -0.15) is 0 Å². The number of nitrogens with one attached hydrogen (secondary N) is 1. The summed E-state index contributed by atoms with van der Waals surface area (Å²) in [5, 5.41) is 12.9. The molecule has 1 aromatic rings. The molecular formula is C19H29N3O2. The van der Waals surface area contributed by atoms with Crippen molar-refractivity contribution in [2.24, 2.45) is 0 Å². The third-order valence-electron chi connectivity index (χ3n) is 5.49. The van der Waals surface area contributed by atoms with Crippen LogP contribution in [0.1, 0.15) is 43.4 Å². The second-order valence-electron chi connectivity index (χ2n) is 6.80. The van der Waals surface area contributed by atoms with Gasteiger partial charge in [-0.15, -0.1) is 0 Å². The average Bonchev–Trinajstić information content (AvgIpc) is 2.65. The Hall–Kier alpha value is -1.59. The molecule has 0 radical (unpaired) electrons. The maximum absolute atomic E-state index is 12.7. The number of urea groups is 1. The minimum Gasteiger partial charge on any atom is -0.394 e. The molecule has 0 bridgehead atoms. The van der Waals surface area contributed by atoms with Crippen LogP contribution in [0.4, 0.5) is 4.79 Å². The molecule has 0 aliphatic carbocycles. The van der Waals surface area contributed by atoms with E-state index in [1.165, 1.54) is 18.4 Å². The van der Waals surface area contributed by atoms with Gasteiger partial charge in [0.05, 0.1) is 12.6 Å². The fourth-order valence-electron chi connectivity index (χ4n) is 4.11. The second-order valence-corrected chi connectivity index (χ2v) is 6.80. The number of nitrogens with zero attached hydrogens (tertiary/aromatic N) is 2. The van der Waals surface area contributed by atoms with E-state index in [2.05, 4.69) is 23.2 Å². The minimum atomic E-state index is -0.233. The maximum atomic E-state index is 12.7. The summed E-state index contributed by atoms with van der Waals surface area (Å²) in [6.07, 6.45) is 4.51. The van der Waals surface area contributed by atoms with Crippen LogP contribution in [0, 0.1) is 0 Å². The Kier molecular flexibility index (Phi) is 5.74. The molecule has 2 aliphatic heterocycles. The first-order valence-electron chi connectivity index (χ1n) is 9.21. The summed E-state index contributed by atoms with van der Waals surface area (Å²) in [5.74, 6) is 0. The zero-order valence-corrected chi connectivity index (χ0v) is 14.6.